The zero-order chi connectivity index (χ0) is 17.9. The lowest BCUT2D eigenvalue weighted by molar-refractivity contribution is -0.136. The Hall–Kier alpha value is -2.15. The van der Waals surface area contributed by atoms with Crippen LogP contribution in [0, 0.1) is 0 Å². The van der Waals surface area contributed by atoms with Crippen molar-refractivity contribution < 1.29 is 29.2 Å². The Bertz CT molecular complexity index is 549. The highest BCUT2D eigenvalue weighted by Gasteiger charge is 2.23. The van der Waals surface area contributed by atoms with Crippen molar-refractivity contribution in [3.8, 4) is 5.75 Å². The predicted molar refractivity (Wildman–Crippen MR) is 89.7 cm³/mol. The fraction of sp³-hybridized carbons (Fsp3) is 0.389. The van der Waals surface area contributed by atoms with Gasteiger partial charge in [0, 0.05) is 13.2 Å². The Morgan fingerprint density at radius 1 is 1.33 bits per heavy atom. The number of hydrogen-bond donors (Lipinski definition) is 2. The number of hydrogen-bond acceptors (Lipinski definition) is 6. The van der Waals surface area contributed by atoms with Crippen LogP contribution in [-0.2, 0) is 14.3 Å². The molecule has 1 rings (SSSR count). The fourth-order valence-corrected chi connectivity index (χ4v) is 2.11. The molecule has 2 atom stereocenters. The van der Waals surface area contributed by atoms with Crippen LogP contribution in [-0.4, -0.2) is 49.2 Å². The van der Waals surface area contributed by atoms with E-state index in [9.17, 15) is 9.90 Å². The summed E-state index contributed by atoms with van der Waals surface area (Å²) in [4.78, 5) is 11.6. The van der Waals surface area contributed by atoms with Crippen LogP contribution in [0.4, 0.5) is 0 Å². The topological polar surface area (TPSA) is 85.2 Å². The monoisotopic (exact) mass is 336 g/mol. The molecular weight excluding hydrogens is 312 g/mol. The molecule has 1 aromatic rings. The molecule has 0 aliphatic rings. The number of methoxy groups -OCH3 is 1. The van der Waals surface area contributed by atoms with Gasteiger partial charge >= 0.3 is 5.97 Å². The first-order valence-corrected chi connectivity index (χ1v) is 7.53. The van der Waals surface area contributed by atoms with E-state index in [1.165, 1.54) is 19.3 Å². The minimum absolute atomic E-state index is 0.0674. The van der Waals surface area contributed by atoms with Gasteiger partial charge in [-0.05, 0) is 30.2 Å². The molecule has 1 aromatic carbocycles. The van der Waals surface area contributed by atoms with Gasteiger partial charge < -0.3 is 24.4 Å². The Morgan fingerprint density at radius 2 is 2.00 bits per heavy atom. The summed E-state index contributed by atoms with van der Waals surface area (Å²) < 4.78 is 15.5. The van der Waals surface area contributed by atoms with Gasteiger partial charge in [-0.2, -0.15) is 0 Å². The Balaban J connectivity index is 2.81. The summed E-state index contributed by atoms with van der Waals surface area (Å²) >= 11 is 0. The molecule has 0 bridgehead atoms. The van der Waals surface area contributed by atoms with Gasteiger partial charge in [-0.1, -0.05) is 24.8 Å². The standard InChI is InChI=1S/C18H24O6/c1-4-10-24-16(20)12-13(2)18(22-3)17(21)14-5-7-15(8-6-14)23-11-9-19/h4-8,12,17-19,21H,1,9-11H2,2-3H3/b13-12+/t17-,18-/m1/s1. The normalized spacial score (nSPS) is 13.9. The number of aliphatic hydroxyl groups is 2. The molecular formula is C18H24O6. The van der Waals surface area contributed by atoms with Crippen LogP contribution < -0.4 is 4.74 Å². The van der Waals surface area contributed by atoms with Crippen LogP contribution in [0.1, 0.15) is 18.6 Å². The van der Waals surface area contributed by atoms with Crippen molar-refractivity contribution in [3.63, 3.8) is 0 Å². The summed E-state index contributed by atoms with van der Waals surface area (Å²) in [5.41, 5.74) is 1.16. The molecule has 132 valence electrons. The quantitative estimate of drug-likeness (QED) is 0.385. The summed E-state index contributed by atoms with van der Waals surface area (Å²) in [7, 11) is 1.46. The van der Waals surface area contributed by atoms with Gasteiger partial charge in [0.15, 0.2) is 0 Å². The van der Waals surface area contributed by atoms with E-state index in [0.717, 1.165) is 0 Å². The van der Waals surface area contributed by atoms with Crippen molar-refractivity contribution in [2.75, 3.05) is 26.9 Å². The number of carbonyl (C=O) groups is 1. The van der Waals surface area contributed by atoms with Crippen molar-refractivity contribution >= 4 is 5.97 Å². The molecule has 0 spiro atoms. The molecule has 0 aliphatic heterocycles. The van der Waals surface area contributed by atoms with E-state index in [0.29, 0.717) is 16.9 Å². The SMILES string of the molecule is C=CCOC(=O)/C=C(\C)[C@@H](OC)[C@H](O)c1ccc(OCCO)cc1. The van der Waals surface area contributed by atoms with E-state index in [1.807, 2.05) is 0 Å². The molecule has 6 nitrogen and oxygen atoms in total. The lowest BCUT2D eigenvalue weighted by Crippen LogP contribution is -2.23. The first kappa shape index (κ1) is 19.9. The molecule has 24 heavy (non-hydrogen) atoms. The molecule has 0 aliphatic carbocycles. The number of carbonyl (C=O) groups excluding carboxylic acids is 1. The van der Waals surface area contributed by atoms with Gasteiger partial charge in [0.25, 0.3) is 0 Å². The van der Waals surface area contributed by atoms with Crippen molar-refractivity contribution in [1.82, 2.24) is 0 Å². The zero-order valence-electron chi connectivity index (χ0n) is 14.0. The first-order valence-electron chi connectivity index (χ1n) is 7.53. The second-order valence-corrected chi connectivity index (χ2v) is 5.05. The van der Waals surface area contributed by atoms with Crippen molar-refractivity contribution in [3.05, 3.63) is 54.1 Å². The fourth-order valence-electron chi connectivity index (χ4n) is 2.11. The second-order valence-electron chi connectivity index (χ2n) is 5.05. The highest BCUT2D eigenvalue weighted by molar-refractivity contribution is 5.83. The Labute approximate surface area is 142 Å². The molecule has 0 unspecified atom stereocenters. The predicted octanol–water partition coefficient (Wildman–Crippen LogP) is 1.78. The number of benzene rings is 1. The molecule has 0 saturated heterocycles. The molecule has 2 N–H and O–H groups in total. The second kappa shape index (κ2) is 10.6. The molecule has 0 heterocycles. The highest BCUT2D eigenvalue weighted by atomic mass is 16.5. The molecule has 6 heteroatoms. The van der Waals surface area contributed by atoms with E-state index < -0.39 is 18.2 Å². The Kier molecular flexibility index (Phi) is 8.78. The molecule has 0 saturated carbocycles. The maximum absolute atomic E-state index is 11.6. The lowest BCUT2D eigenvalue weighted by Gasteiger charge is -2.23. The van der Waals surface area contributed by atoms with Gasteiger partial charge in [0.05, 0.1) is 6.61 Å². The lowest BCUT2D eigenvalue weighted by atomic mass is 9.98. The summed E-state index contributed by atoms with van der Waals surface area (Å²) in [6.07, 6.45) is 1.12. The van der Waals surface area contributed by atoms with Gasteiger partial charge in [-0.15, -0.1) is 0 Å². The van der Waals surface area contributed by atoms with Crippen molar-refractivity contribution in [2.45, 2.75) is 19.1 Å². The maximum atomic E-state index is 11.6. The molecule has 0 aromatic heterocycles. The van der Waals surface area contributed by atoms with Crippen LogP contribution in [0.2, 0.25) is 0 Å². The summed E-state index contributed by atoms with van der Waals surface area (Å²) in [5.74, 6) is 0.0728. The Morgan fingerprint density at radius 3 is 2.54 bits per heavy atom. The van der Waals surface area contributed by atoms with E-state index in [1.54, 1.807) is 31.2 Å². The van der Waals surface area contributed by atoms with Crippen LogP contribution in [0.15, 0.2) is 48.6 Å². The van der Waals surface area contributed by atoms with E-state index >= 15 is 0 Å². The van der Waals surface area contributed by atoms with Gasteiger partial charge in [0.2, 0.25) is 0 Å². The number of ether oxygens (including phenoxy) is 3. The average Bonchev–Trinajstić information content (AvgIpc) is 2.59. The number of esters is 1. The van der Waals surface area contributed by atoms with E-state index in [4.69, 9.17) is 19.3 Å². The molecule has 0 radical (unpaired) electrons. The third-order valence-electron chi connectivity index (χ3n) is 3.26. The number of aliphatic hydroxyl groups excluding tert-OH is 2. The minimum Gasteiger partial charge on any atom is -0.491 e. The van der Waals surface area contributed by atoms with Gasteiger partial charge in [-0.25, -0.2) is 4.79 Å². The average molecular weight is 336 g/mol. The molecule has 0 fully saturated rings. The van der Waals surface area contributed by atoms with Gasteiger partial charge in [0.1, 0.15) is 31.2 Å². The van der Waals surface area contributed by atoms with Crippen LogP contribution >= 0.6 is 0 Å². The van der Waals surface area contributed by atoms with Gasteiger partial charge in [-0.3, -0.25) is 0 Å². The first-order chi connectivity index (χ1) is 11.5. The maximum Gasteiger partial charge on any atom is 0.331 e. The van der Waals surface area contributed by atoms with Crippen LogP contribution in [0.3, 0.4) is 0 Å². The third-order valence-corrected chi connectivity index (χ3v) is 3.26. The summed E-state index contributed by atoms with van der Waals surface area (Å²) in [5, 5.41) is 19.2. The van der Waals surface area contributed by atoms with Crippen LogP contribution in [0.5, 0.6) is 5.75 Å². The summed E-state index contributed by atoms with van der Waals surface area (Å²) in [6, 6.07) is 6.79. The zero-order valence-corrected chi connectivity index (χ0v) is 14.0. The highest BCUT2D eigenvalue weighted by Crippen LogP contribution is 2.25. The van der Waals surface area contributed by atoms with Crippen molar-refractivity contribution in [1.29, 1.82) is 0 Å². The van der Waals surface area contributed by atoms with Crippen LogP contribution in [0.25, 0.3) is 0 Å². The largest absolute Gasteiger partial charge is 0.491 e. The van der Waals surface area contributed by atoms with Crippen molar-refractivity contribution in [2.24, 2.45) is 0 Å². The number of rotatable bonds is 10. The minimum atomic E-state index is -0.953. The summed E-state index contributed by atoms with van der Waals surface area (Å²) in [6.45, 7) is 5.42. The smallest absolute Gasteiger partial charge is 0.331 e. The van der Waals surface area contributed by atoms with E-state index in [2.05, 4.69) is 6.58 Å². The molecule has 0 amide bonds. The van der Waals surface area contributed by atoms with E-state index in [-0.39, 0.29) is 19.8 Å². The third kappa shape index (κ3) is 6.16.